The Balaban J connectivity index is 2.11. The lowest BCUT2D eigenvalue weighted by Gasteiger charge is -2.34. The zero-order chi connectivity index (χ0) is 12.8. The molecule has 0 radical (unpaired) electrons. The van der Waals surface area contributed by atoms with Crippen LogP contribution in [0.1, 0.15) is 26.2 Å². The van der Waals surface area contributed by atoms with Crippen molar-refractivity contribution < 1.29 is 4.74 Å². The van der Waals surface area contributed by atoms with Crippen LogP contribution < -0.4 is 15.0 Å². The molecule has 18 heavy (non-hydrogen) atoms. The van der Waals surface area contributed by atoms with Gasteiger partial charge in [0.05, 0.1) is 19.5 Å². The number of methoxy groups -OCH3 is 1. The van der Waals surface area contributed by atoms with E-state index >= 15 is 0 Å². The zero-order valence-corrected chi connectivity index (χ0v) is 11.2. The highest BCUT2D eigenvalue weighted by molar-refractivity contribution is 5.33. The number of hydrogen-bond donors (Lipinski definition) is 1. The van der Waals surface area contributed by atoms with Crippen molar-refractivity contribution in [2.75, 3.05) is 31.6 Å². The van der Waals surface area contributed by atoms with Crippen molar-refractivity contribution >= 4 is 5.95 Å². The van der Waals surface area contributed by atoms with Gasteiger partial charge in [-0.05, 0) is 25.8 Å². The number of anilines is 1. The number of piperidine rings is 1. The lowest BCUT2D eigenvalue weighted by molar-refractivity contribution is 0.407. The normalized spacial score (nSPS) is 19.6. The largest absolute Gasteiger partial charge is 0.494 e. The van der Waals surface area contributed by atoms with Crippen molar-refractivity contribution in [1.29, 1.82) is 0 Å². The first-order chi connectivity index (χ1) is 8.85. The van der Waals surface area contributed by atoms with E-state index in [-0.39, 0.29) is 0 Å². The third-order valence-corrected chi connectivity index (χ3v) is 3.28. The molecular formula is C13H22N4O. The second-order valence-corrected chi connectivity index (χ2v) is 4.62. The van der Waals surface area contributed by atoms with Crippen molar-refractivity contribution in [1.82, 2.24) is 15.3 Å². The Morgan fingerprint density at radius 3 is 2.78 bits per heavy atom. The monoisotopic (exact) mass is 250 g/mol. The third-order valence-electron chi connectivity index (χ3n) is 3.28. The molecular weight excluding hydrogens is 228 g/mol. The van der Waals surface area contributed by atoms with E-state index in [1.807, 2.05) is 0 Å². The fourth-order valence-electron chi connectivity index (χ4n) is 2.35. The smallest absolute Gasteiger partial charge is 0.225 e. The number of nitrogens with zero attached hydrogens (tertiary/aromatic N) is 3. The van der Waals surface area contributed by atoms with Crippen LogP contribution in [-0.2, 0) is 0 Å². The van der Waals surface area contributed by atoms with E-state index in [9.17, 15) is 0 Å². The van der Waals surface area contributed by atoms with Gasteiger partial charge < -0.3 is 15.0 Å². The predicted molar refractivity (Wildman–Crippen MR) is 72.1 cm³/mol. The van der Waals surface area contributed by atoms with Gasteiger partial charge in [-0.3, -0.25) is 0 Å². The standard InChI is InChI=1S/C13H22N4O/c1-3-7-17(11-5-4-6-14-8-11)13-15-9-12(18-2)10-16-13/h9-11,14H,3-8H2,1-2H3. The summed E-state index contributed by atoms with van der Waals surface area (Å²) in [6, 6.07) is 0.507. The van der Waals surface area contributed by atoms with Gasteiger partial charge >= 0.3 is 0 Å². The molecule has 0 aromatic carbocycles. The topological polar surface area (TPSA) is 50.3 Å². The lowest BCUT2D eigenvalue weighted by atomic mass is 10.1. The van der Waals surface area contributed by atoms with Crippen LogP contribution in [-0.4, -0.2) is 42.8 Å². The van der Waals surface area contributed by atoms with Crippen LogP contribution in [0.5, 0.6) is 5.75 Å². The van der Waals surface area contributed by atoms with Crippen LogP contribution in [0.3, 0.4) is 0 Å². The summed E-state index contributed by atoms with van der Waals surface area (Å²) in [4.78, 5) is 11.1. The molecule has 1 aliphatic heterocycles. The summed E-state index contributed by atoms with van der Waals surface area (Å²) in [5.74, 6) is 1.52. The maximum atomic E-state index is 5.10. The van der Waals surface area contributed by atoms with Gasteiger partial charge in [-0.2, -0.15) is 0 Å². The summed E-state index contributed by atoms with van der Waals surface area (Å²) in [5.41, 5.74) is 0. The van der Waals surface area contributed by atoms with Gasteiger partial charge in [0.25, 0.3) is 0 Å². The summed E-state index contributed by atoms with van der Waals surface area (Å²) < 4.78 is 5.10. The minimum atomic E-state index is 0.507. The van der Waals surface area contributed by atoms with Crippen LogP contribution in [0.15, 0.2) is 12.4 Å². The molecule has 0 bridgehead atoms. The molecule has 1 N–H and O–H groups in total. The number of rotatable bonds is 5. The Morgan fingerprint density at radius 2 is 2.22 bits per heavy atom. The molecule has 1 atom stereocenters. The third kappa shape index (κ3) is 3.10. The highest BCUT2D eigenvalue weighted by Gasteiger charge is 2.22. The number of ether oxygens (including phenoxy) is 1. The van der Waals surface area contributed by atoms with Gasteiger partial charge in [0.1, 0.15) is 0 Å². The molecule has 5 nitrogen and oxygen atoms in total. The van der Waals surface area contributed by atoms with Gasteiger partial charge in [0.2, 0.25) is 5.95 Å². The van der Waals surface area contributed by atoms with Crippen LogP contribution >= 0.6 is 0 Å². The fourth-order valence-corrected chi connectivity index (χ4v) is 2.35. The Labute approximate surface area is 109 Å². The maximum absolute atomic E-state index is 5.10. The van der Waals surface area contributed by atoms with Crippen molar-refractivity contribution in [3.05, 3.63) is 12.4 Å². The Morgan fingerprint density at radius 1 is 1.44 bits per heavy atom. The second-order valence-electron chi connectivity index (χ2n) is 4.62. The molecule has 1 fully saturated rings. The minimum absolute atomic E-state index is 0.507. The predicted octanol–water partition coefficient (Wildman–Crippen LogP) is 1.45. The van der Waals surface area contributed by atoms with E-state index in [1.165, 1.54) is 12.8 Å². The molecule has 5 heteroatoms. The Kier molecular flexibility index (Phi) is 4.75. The van der Waals surface area contributed by atoms with E-state index in [0.29, 0.717) is 11.8 Å². The highest BCUT2D eigenvalue weighted by atomic mass is 16.5. The molecule has 0 saturated carbocycles. The van der Waals surface area contributed by atoms with Crippen LogP contribution in [0.25, 0.3) is 0 Å². The van der Waals surface area contributed by atoms with E-state index in [2.05, 4.69) is 27.1 Å². The first kappa shape index (κ1) is 13.1. The van der Waals surface area contributed by atoms with E-state index in [0.717, 1.165) is 32.0 Å². The van der Waals surface area contributed by atoms with E-state index in [4.69, 9.17) is 4.74 Å². The molecule has 2 rings (SSSR count). The Hall–Kier alpha value is -1.36. The van der Waals surface area contributed by atoms with Crippen molar-refractivity contribution in [3.8, 4) is 5.75 Å². The maximum Gasteiger partial charge on any atom is 0.225 e. The molecule has 2 heterocycles. The van der Waals surface area contributed by atoms with Gasteiger partial charge in [-0.1, -0.05) is 6.92 Å². The summed E-state index contributed by atoms with van der Waals surface area (Å²) in [7, 11) is 1.63. The first-order valence-corrected chi connectivity index (χ1v) is 6.68. The van der Waals surface area contributed by atoms with Gasteiger partial charge in [-0.25, -0.2) is 9.97 Å². The summed E-state index contributed by atoms with van der Waals surface area (Å²) >= 11 is 0. The van der Waals surface area contributed by atoms with Crippen LogP contribution in [0, 0.1) is 0 Å². The first-order valence-electron chi connectivity index (χ1n) is 6.68. The lowest BCUT2D eigenvalue weighted by Crippen LogP contribution is -2.47. The quantitative estimate of drug-likeness (QED) is 0.857. The minimum Gasteiger partial charge on any atom is -0.494 e. The second kappa shape index (κ2) is 6.54. The molecule has 1 aromatic heterocycles. The Bertz CT molecular complexity index is 349. The number of aromatic nitrogens is 2. The summed E-state index contributed by atoms with van der Waals surface area (Å²) in [6.45, 7) is 5.33. The molecule has 0 amide bonds. The molecule has 0 aliphatic carbocycles. The average molecular weight is 250 g/mol. The molecule has 0 spiro atoms. The number of hydrogen-bond acceptors (Lipinski definition) is 5. The average Bonchev–Trinajstić information content (AvgIpc) is 2.46. The van der Waals surface area contributed by atoms with Crippen molar-refractivity contribution in [2.24, 2.45) is 0 Å². The van der Waals surface area contributed by atoms with Gasteiger partial charge in [-0.15, -0.1) is 0 Å². The van der Waals surface area contributed by atoms with Crippen molar-refractivity contribution in [3.63, 3.8) is 0 Å². The van der Waals surface area contributed by atoms with Crippen LogP contribution in [0.4, 0.5) is 5.95 Å². The fraction of sp³-hybridized carbons (Fsp3) is 0.692. The van der Waals surface area contributed by atoms with Gasteiger partial charge in [0.15, 0.2) is 5.75 Å². The van der Waals surface area contributed by atoms with Crippen molar-refractivity contribution in [2.45, 2.75) is 32.2 Å². The highest BCUT2D eigenvalue weighted by Crippen LogP contribution is 2.18. The number of nitrogens with one attached hydrogen (secondary N) is 1. The van der Waals surface area contributed by atoms with E-state index in [1.54, 1.807) is 19.5 Å². The molecule has 1 aromatic rings. The molecule has 1 saturated heterocycles. The summed E-state index contributed by atoms with van der Waals surface area (Å²) in [6.07, 6.45) is 7.01. The summed E-state index contributed by atoms with van der Waals surface area (Å²) in [5, 5.41) is 3.44. The molecule has 1 unspecified atom stereocenters. The van der Waals surface area contributed by atoms with Gasteiger partial charge in [0, 0.05) is 19.1 Å². The SMILES string of the molecule is CCCN(c1ncc(OC)cn1)C1CCCNC1. The molecule has 1 aliphatic rings. The van der Waals surface area contributed by atoms with E-state index < -0.39 is 0 Å². The van der Waals surface area contributed by atoms with Crippen LogP contribution in [0.2, 0.25) is 0 Å². The zero-order valence-electron chi connectivity index (χ0n) is 11.2. The molecule has 100 valence electrons.